The van der Waals surface area contributed by atoms with E-state index in [0.29, 0.717) is 25.9 Å². The maximum Gasteiger partial charge on any atom is 0.231 e. The number of carbonyl (C=O) groups excluding carboxylic acids is 2. The molecule has 1 aliphatic heterocycles. The van der Waals surface area contributed by atoms with Gasteiger partial charge in [-0.2, -0.15) is 5.10 Å². The number of anilines is 2. The van der Waals surface area contributed by atoms with Gasteiger partial charge in [-0.1, -0.05) is 0 Å². The van der Waals surface area contributed by atoms with Gasteiger partial charge in [0.15, 0.2) is 0 Å². The average Bonchev–Trinajstić information content (AvgIpc) is 3.03. The van der Waals surface area contributed by atoms with E-state index in [9.17, 15) is 9.59 Å². The molecule has 2 amide bonds. The van der Waals surface area contributed by atoms with Crippen LogP contribution in [0.5, 0.6) is 0 Å². The van der Waals surface area contributed by atoms with Gasteiger partial charge in [-0.05, 0) is 25.5 Å². The minimum Gasteiger partial charge on any atom is -0.312 e. The second kappa shape index (κ2) is 6.82. The SMILES string of the molecule is CCN(C(=O)C1CCC(=O)N(c2cnn(C)c2)C1)c1ccncc1. The van der Waals surface area contributed by atoms with Crippen molar-refractivity contribution in [3.8, 4) is 0 Å². The van der Waals surface area contributed by atoms with Crippen molar-refractivity contribution in [2.24, 2.45) is 13.0 Å². The first-order valence-corrected chi connectivity index (χ1v) is 8.10. The smallest absolute Gasteiger partial charge is 0.231 e. The number of amides is 2. The summed E-state index contributed by atoms with van der Waals surface area (Å²) in [5.41, 5.74) is 1.58. The van der Waals surface area contributed by atoms with Gasteiger partial charge in [-0.15, -0.1) is 0 Å². The number of nitrogens with zero attached hydrogens (tertiary/aromatic N) is 5. The van der Waals surface area contributed by atoms with Gasteiger partial charge in [-0.3, -0.25) is 19.3 Å². The molecule has 24 heavy (non-hydrogen) atoms. The summed E-state index contributed by atoms with van der Waals surface area (Å²) < 4.78 is 1.66. The molecule has 2 aromatic heterocycles. The Labute approximate surface area is 140 Å². The lowest BCUT2D eigenvalue weighted by Gasteiger charge is -2.34. The summed E-state index contributed by atoms with van der Waals surface area (Å²) >= 11 is 0. The van der Waals surface area contributed by atoms with Crippen molar-refractivity contribution >= 4 is 23.2 Å². The fourth-order valence-electron chi connectivity index (χ4n) is 3.05. The molecule has 0 N–H and O–H groups in total. The lowest BCUT2D eigenvalue weighted by molar-refractivity contribution is -0.125. The van der Waals surface area contributed by atoms with Crippen molar-refractivity contribution < 1.29 is 9.59 Å². The third-order valence-electron chi connectivity index (χ3n) is 4.32. The first-order chi connectivity index (χ1) is 11.6. The highest BCUT2D eigenvalue weighted by molar-refractivity contribution is 6.00. The molecule has 0 aromatic carbocycles. The highest BCUT2D eigenvalue weighted by atomic mass is 16.2. The van der Waals surface area contributed by atoms with Gasteiger partial charge in [0.05, 0.1) is 17.8 Å². The summed E-state index contributed by atoms with van der Waals surface area (Å²) in [6, 6.07) is 3.66. The molecule has 126 valence electrons. The first-order valence-electron chi connectivity index (χ1n) is 8.10. The highest BCUT2D eigenvalue weighted by Gasteiger charge is 2.34. The molecule has 0 saturated carbocycles. The van der Waals surface area contributed by atoms with Crippen molar-refractivity contribution in [3.63, 3.8) is 0 Å². The topological polar surface area (TPSA) is 71.3 Å². The molecular weight excluding hydrogens is 306 g/mol. The minimum absolute atomic E-state index is 0.0407. The molecule has 0 radical (unpaired) electrons. The van der Waals surface area contributed by atoms with Crippen molar-refractivity contribution in [3.05, 3.63) is 36.9 Å². The Morgan fingerprint density at radius 3 is 2.75 bits per heavy atom. The molecular formula is C17H21N5O2. The zero-order valence-electron chi connectivity index (χ0n) is 13.9. The van der Waals surface area contributed by atoms with Crippen molar-refractivity contribution in [1.29, 1.82) is 0 Å². The van der Waals surface area contributed by atoms with Gasteiger partial charge >= 0.3 is 0 Å². The van der Waals surface area contributed by atoms with E-state index < -0.39 is 0 Å². The van der Waals surface area contributed by atoms with E-state index in [2.05, 4.69) is 10.1 Å². The summed E-state index contributed by atoms with van der Waals surface area (Å²) in [5.74, 6) is -0.125. The molecule has 0 spiro atoms. The fourth-order valence-corrected chi connectivity index (χ4v) is 3.05. The lowest BCUT2D eigenvalue weighted by Crippen LogP contribution is -2.47. The molecule has 1 aliphatic rings. The number of pyridine rings is 1. The van der Waals surface area contributed by atoms with Gasteiger partial charge in [0.2, 0.25) is 11.8 Å². The van der Waals surface area contributed by atoms with Gasteiger partial charge in [0, 0.05) is 50.8 Å². The predicted molar refractivity (Wildman–Crippen MR) is 90.5 cm³/mol. The molecule has 3 heterocycles. The molecule has 7 nitrogen and oxygen atoms in total. The van der Waals surface area contributed by atoms with E-state index >= 15 is 0 Å². The third-order valence-corrected chi connectivity index (χ3v) is 4.32. The van der Waals surface area contributed by atoms with E-state index in [0.717, 1.165) is 11.4 Å². The Morgan fingerprint density at radius 1 is 1.38 bits per heavy atom. The number of aryl methyl sites for hydroxylation is 1. The second-order valence-corrected chi connectivity index (χ2v) is 5.90. The van der Waals surface area contributed by atoms with Crippen LogP contribution in [-0.2, 0) is 16.6 Å². The standard InChI is InChI=1S/C17H21N5O2/c1-3-21(14-6-8-18-9-7-14)17(24)13-4-5-16(23)22(11-13)15-10-19-20(2)12-15/h6-10,12-13H,3-5,11H2,1-2H3. The lowest BCUT2D eigenvalue weighted by atomic mass is 9.95. The number of hydrogen-bond donors (Lipinski definition) is 0. The van der Waals surface area contributed by atoms with Crippen LogP contribution < -0.4 is 9.80 Å². The van der Waals surface area contributed by atoms with Gasteiger partial charge < -0.3 is 9.80 Å². The monoisotopic (exact) mass is 327 g/mol. The Kier molecular flexibility index (Phi) is 4.59. The van der Waals surface area contributed by atoms with Crippen molar-refractivity contribution in [2.45, 2.75) is 19.8 Å². The van der Waals surface area contributed by atoms with Crippen LogP contribution >= 0.6 is 0 Å². The summed E-state index contributed by atoms with van der Waals surface area (Å²) in [6.45, 7) is 2.93. The zero-order chi connectivity index (χ0) is 17.1. The van der Waals surface area contributed by atoms with Crippen molar-refractivity contribution in [1.82, 2.24) is 14.8 Å². The van der Waals surface area contributed by atoms with Crippen LogP contribution in [0.15, 0.2) is 36.9 Å². The van der Waals surface area contributed by atoms with Gasteiger partial charge in [-0.25, -0.2) is 0 Å². The van der Waals surface area contributed by atoms with Crippen LogP contribution in [0.1, 0.15) is 19.8 Å². The Morgan fingerprint density at radius 2 is 2.12 bits per heavy atom. The summed E-state index contributed by atoms with van der Waals surface area (Å²) in [5, 5.41) is 4.12. The average molecular weight is 327 g/mol. The van der Waals surface area contributed by atoms with E-state index in [1.807, 2.05) is 26.1 Å². The quantitative estimate of drug-likeness (QED) is 0.855. The number of piperidine rings is 1. The van der Waals surface area contributed by atoms with E-state index in [4.69, 9.17) is 0 Å². The first kappa shape index (κ1) is 16.2. The molecule has 3 rings (SSSR count). The molecule has 0 aliphatic carbocycles. The minimum atomic E-state index is -0.212. The van der Waals surface area contributed by atoms with E-state index in [-0.39, 0.29) is 17.7 Å². The van der Waals surface area contributed by atoms with Crippen LogP contribution in [0.2, 0.25) is 0 Å². The van der Waals surface area contributed by atoms with Crippen LogP contribution in [0.25, 0.3) is 0 Å². The highest BCUT2D eigenvalue weighted by Crippen LogP contribution is 2.26. The number of carbonyl (C=O) groups is 2. The number of hydrogen-bond acceptors (Lipinski definition) is 4. The normalized spacial score (nSPS) is 17.8. The van der Waals surface area contributed by atoms with Crippen LogP contribution in [0.3, 0.4) is 0 Å². The van der Waals surface area contributed by atoms with E-state index in [1.54, 1.807) is 39.3 Å². The van der Waals surface area contributed by atoms with Crippen LogP contribution in [0, 0.1) is 5.92 Å². The summed E-state index contributed by atoms with van der Waals surface area (Å²) in [7, 11) is 1.81. The fraction of sp³-hybridized carbons (Fsp3) is 0.412. The maximum absolute atomic E-state index is 13.0. The Balaban J connectivity index is 1.78. The van der Waals surface area contributed by atoms with E-state index in [1.165, 1.54) is 0 Å². The maximum atomic E-state index is 13.0. The molecule has 1 fully saturated rings. The summed E-state index contributed by atoms with van der Waals surface area (Å²) in [4.78, 5) is 32.6. The van der Waals surface area contributed by atoms with Crippen molar-refractivity contribution in [2.75, 3.05) is 22.9 Å². The summed E-state index contributed by atoms with van der Waals surface area (Å²) in [6.07, 6.45) is 7.76. The zero-order valence-corrected chi connectivity index (χ0v) is 13.9. The van der Waals surface area contributed by atoms with Gasteiger partial charge in [0.25, 0.3) is 0 Å². The molecule has 2 aromatic rings. The Bertz CT molecular complexity index is 728. The molecule has 0 bridgehead atoms. The molecule has 1 unspecified atom stereocenters. The number of aromatic nitrogens is 3. The predicted octanol–water partition coefficient (Wildman–Crippen LogP) is 1.61. The molecule has 1 saturated heterocycles. The largest absolute Gasteiger partial charge is 0.312 e. The molecule has 1 atom stereocenters. The van der Waals surface area contributed by atoms with Gasteiger partial charge in [0.1, 0.15) is 0 Å². The third kappa shape index (κ3) is 3.15. The number of rotatable bonds is 4. The Hall–Kier alpha value is -2.70. The van der Waals surface area contributed by atoms with Crippen LogP contribution in [0.4, 0.5) is 11.4 Å². The molecule has 7 heteroatoms. The van der Waals surface area contributed by atoms with Crippen LogP contribution in [-0.4, -0.2) is 39.7 Å². The second-order valence-electron chi connectivity index (χ2n) is 5.90.